The lowest BCUT2D eigenvalue weighted by Crippen LogP contribution is -1.95. The van der Waals surface area contributed by atoms with E-state index in [1.165, 1.54) is 24.1 Å². The molecular formula is C11H16ClN. The van der Waals surface area contributed by atoms with Crippen LogP contribution in [-0.4, -0.2) is 6.54 Å². The highest BCUT2D eigenvalue weighted by molar-refractivity contribution is 5.85. The van der Waals surface area contributed by atoms with Crippen molar-refractivity contribution in [3.63, 3.8) is 0 Å². The molecule has 1 nitrogen and oxygen atoms in total. The predicted molar refractivity (Wildman–Crippen MR) is 59.8 cm³/mol. The normalized spacial score (nSPS) is 14.8. The van der Waals surface area contributed by atoms with Crippen molar-refractivity contribution in [1.29, 1.82) is 0 Å². The van der Waals surface area contributed by atoms with Gasteiger partial charge in [0, 0.05) is 12.2 Å². The first-order chi connectivity index (χ1) is 5.90. The molecule has 1 N–H and O–H groups in total. The number of rotatable bonds is 3. The summed E-state index contributed by atoms with van der Waals surface area (Å²) in [5.41, 5.74) is 2.75. The first-order valence-corrected chi connectivity index (χ1v) is 4.74. The molecule has 1 saturated carbocycles. The van der Waals surface area contributed by atoms with Crippen molar-refractivity contribution < 1.29 is 0 Å². The number of hydrogen-bond donors (Lipinski definition) is 1. The van der Waals surface area contributed by atoms with Crippen molar-refractivity contribution in [2.24, 2.45) is 0 Å². The van der Waals surface area contributed by atoms with Crippen LogP contribution in [-0.2, 0) is 0 Å². The van der Waals surface area contributed by atoms with Crippen LogP contribution in [0.4, 0.5) is 5.69 Å². The predicted octanol–water partition coefficient (Wildman–Crippen LogP) is 3.42. The van der Waals surface area contributed by atoms with Gasteiger partial charge in [0.1, 0.15) is 0 Å². The van der Waals surface area contributed by atoms with Gasteiger partial charge >= 0.3 is 0 Å². The highest BCUT2D eigenvalue weighted by Crippen LogP contribution is 2.40. The summed E-state index contributed by atoms with van der Waals surface area (Å²) in [6.07, 6.45) is 2.78. The third kappa shape index (κ3) is 2.63. The molecule has 0 atom stereocenters. The van der Waals surface area contributed by atoms with Crippen molar-refractivity contribution in [3.05, 3.63) is 29.8 Å². The lowest BCUT2D eigenvalue weighted by Gasteiger charge is -2.03. The summed E-state index contributed by atoms with van der Waals surface area (Å²) < 4.78 is 0. The molecule has 13 heavy (non-hydrogen) atoms. The Hall–Kier alpha value is -0.690. The van der Waals surface area contributed by atoms with E-state index < -0.39 is 0 Å². The van der Waals surface area contributed by atoms with Gasteiger partial charge in [0.15, 0.2) is 0 Å². The van der Waals surface area contributed by atoms with Crippen molar-refractivity contribution in [2.45, 2.75) is 25.7 Å². The maximum atomic E-state index is 3.29. The average Bonchev–Trinajstić information content (AvgIpc) is 2.89. The highest BCUT2D eigenvalue weighted by Gasteiger charge is 2.22. The molecule has 0 radical (unpaired) electrons. The number of nitrogens with one attached hydrogen (secondary N) is 1. The smallest absolute Gasteiger partial charge is 0.0340 e. The zero-order chi connectivity index (χ0) is 8.39. The third-order valence-electron chi connectivity index (χ3n) is 2.34. The first-order valence-electron chi connectivity index (χ1n) is 4.74. The van der Waals surface area contributed by atoms with Crippen LogP contribution < -0.4 is 5.32 Å². The van der Waals surface area contributed by atoms with Gasteiger partial charge in [-0.3, -0.25) is 0 Å². The number of hydrogen-bond acceptors (Lipinski definition) is 1. The molecule has 1 aliphatic rings. The second-order valence-corrected chi connectivity index (χ2v) is 3.43. The summed E-state index contributed by atoms with van der Waals surface area (Å²) in [6, 6.07) is 8.85. The number of halogens is 1. The molecule has 2 heteroatoms. The minimum atomic E-state index is 0. The molecule has 0 spiro atoms. The Kier molecular flexibility index (Phi) is 3.61. The summed E-state index contributed by atoms with van der Waals surface area (Å²) in [6.45, 7) is 3.12. The van der Waals surface area contributed by atoms with Gasteiger partial charge in [-0.2, -0.15) is 0 Å². The largest absolute Gasteiger partial charge is 0.385 e. The minimum absolute atomic E-state index is 0. The van der Waals surface area contributed by atoms with Crippen LogP contribution in [0, 0.1) is 0 Å². The van der Waals surface area contributed by atoms with E-state index in [2.05, 4.69) is 36.5 Å². The fraction of sp³-hybridized carbons (Fsp3) is 0.455. The van der Waals surface area contributed by atoms with Gasteiger partial charge in [-0.1, -0.05) is 12.1 Å². The van der Waals surface area contributed by atoms with Crippen LogP contribution in [0.5, 0.6) is 0 Å². The first kappa shape index (κ1) is 10.4. The van der Waals surface area contributed by atoms with Crippen LogP contribution >= 0.6 is 12.4 Å². The van der Waals surface area contributed by atoms with E-state index >= 15 is 0 Å². The molecule has 72 valence electrons. The standard InChI is InChI=1S/C11H15N.ClH/c1-2-12-11-7-5-10(6-8-11)9-3-4-9;/h5-9,12H,2-4H2,1H3;1H. The maximum absolute atomic E-state index is 3.29. The Bertz CT molecular complexity index is 251. The molecule has 1 aromatic rings. The molecule has 1 aliphatic carbocycles. The van der Waals surface area contributed by atoms with E-state index in [-0.39, 0.29) is 12.4 Å². The SMILES string of the molecule is CCNc1ccc(C2CC2)cc1.Cl. The lowest BCUT2D eigenvalue weighted by molar-refractivity contribution is 1.13. The molecule has 0 amide bonds. The Morgan fingerprint density at radius 3 is 2.31 bits per heavy atom. The van der Waals surface area contributed by atoms with Crippen LogP contribution in [0.1, 0.15) is 31.2 Å². The molecule has 1 aromatic carbocycles. The molecule has 0 aliphatic heterocycles. The fourth-order valence-electron chi connectivity index (χ4n) is 1.49. The molecule has 0 unspecified atom stereocenters. The molecule has 0 saturated heterocycles. The van der Waals surface area contributed by atoms with E-state index in [0.29, 0.717) is 0 Å². The van der Waals surface area contributed by atoms with Gasteiger partial charge in [-0.15, -0.1) is 12.4 Å². The van der Waals surface area contributed by atoms with Gasteiger partial charge in [0.2, 0.25) is 0 Å². The van der Waals surface area contributed by atoms with E-state index in [1.54, 1.807) is 0 Å². The Morgan fingerprint density at radius 2 is 1.85 bits per heavy atom. The quantitative estimate of drug-likeness (QED) is 0.783. The van der Waals surface area contributed by atoms with Crippen molar-refractivity contribution >= 4 is 18.1 Å². The Labute approximate surface area is 86.0 Å². The molecule has 0 aromatic heterocycles. The monoisotopic (exact) mass is 197 g/mol. The van der Waals surface area contributed by atoms with E-state index in [4.69, 9.17) is 0 Å². The summed E-state index contributed by atoms with van der Waals surface area (Å²) >= 11 is 0. The van der Waals surface area contributed by atoms with E-state index in [0.717, 1.165) is 12.5 Å². The average molecular weight is 198 g/mol. The van der Waals surface area contributed by atoms with Gasteiger partial charge in [0.05, 0.1) is 0 Å². The van der Waals surface area contributed by atoms with Gasteiger partial charge in [0.25, 0.3) is 0 Å². The van der Waals surface area contributed by atoms with E-state index in [9.17, 15) is 0 Å². The molecular weight excluding hydrogens is 182 g/mol. The van der Waals surface area contributed by atoms with Gasteiger partial charge in [-0.05, 0) is 43.4 Å². The Balaban J connectivity index is 0.000000845. The second kappa shape index (κ2) is 4.52. The van der Waals surface area contributed by atoms with Gasteiger partial charge < -0.3 is 5.32 Å². The molecule has 0 bridgehead atoms. The van der Waals surface area contributed by atoms with Crippen molar-refractivity contribution in [1.82, 2.24) is 0 Å². The molecule has 2 rings (SSSR count). The van der Waals surface area contributed by atoms with Crippen LogP contribution in [0.15, 0.2) is 24.3 Å². The lowest BCUT2D eigenvalue weighted by atomic mass is 10.1. The van der Waals surface area contributed by atoms with Crippen LogP contribution in [0.2, 0.25) is 0 Å². The summed E-state index contributed by atoms with van der Waals surface area (Å²) in [5.74, 6) is 0.876. The zero-order valence-electron chi connectivity index (χ0n) is 7.92. The zero-order valence-corrected chi connectivity index (χ0v) is 8.73. The topological polar surface area (TPSA) is 12.0 Å². The maximum Gasteiger partial charge on any atom is 0.0340 e. The second-order valence-electron chi connectivity index (χ2n) is 3.43. The third-order valence-corrected chi connectivity index (χ3v) is 2.34. The minimum Gasteiger partial charge on any atom is -0.385 e. The van der Waals surface area contributed by atoms with Crippen molar-refractivity contribution in [2.75, 3.05) is 11.9 Å². The summed E-state index contributed by atoms with van der Waals surface area (Å²) in [7, 11) is 0. The van der Waals surface area contributed by atoms with Crippen LogP contribution in [0.25, 0.3) is 0 Å². The molecule has 1 fully saturated rings. The Morgan fingerprint density at radius 1 is 1.23 bits per heavy atom. The van der Waals surface area contributed by atoms with E-state index in [1.807, 2.05) is 0 Å². The number of anilines is 1. The summed E-state index contributed by atoms with van der Waals surface area (Å²) in [5, 5.41) is 3.29. The summed E-state index contributed by atoms with van der Waals surface area (Å²) in [4.78, 5) is 0. The fourth-order valence-corrected chi connectivity index (χ4v) is 1.49. The van der Waals surface area contributed by atoms with Gasteiger partial charge in [-0.25, -0.2) is 0 Å². The van der Waals surface area contributed by atoms with Crippen molar-refractivity contribution in [3.8, 4) is 0 Å². The highest BCUT2D eigenvalue weighted by atomic mass is 35.5. The van der Waals surface area contributed by atoms with Crippen LogP contribution in [0.3, 0.4) is 0 Å². The number of benzene rings is 1. The molecule has 0 heterocycles.